The number of pyridine rings is 1. The van der Waals surface area contributed by atoms with Gasteiger partial charge < -0.3 is 0 Å². The zero-order valence-electron chi connectivity index (χ0n) is 28.3. The van der Waals surface area contributed by atoms with Crippen molar-refractivity contribution in [3.63, 3.8) is 0 Å². The maximum Gasteiger partial charge on any atom is 0.165 e. The van der Waals surface area contributed by atoms with Crippen LogP contribution in [0.2, 0.25) is 0 Å². The molecule has 0 amide bonds. The number of rotatable bonds is 7. The number of benzene rings is 7. The first-order valence-corrected chi connectivity index (χ1v) is 17.4. The Morgan fingerprint density at radius 1 is 0.269 bits per heavy atom. The van der Waals surface area contributed by atoms with E-state index in [-0.39, 0.29) is 0 Å². The molecule has 0 N–H and O–H groups in total. The number of hydrogen-bond acceptors (Lipinski definition) is 4. The summed E-state index contributed by atoms with van der Waals surface area (Å²) in [5, 5.41) is 2.21. The fraction of sp³-hybridized carbons (Fsp3) is 0. The van der Waals surface area contributed by atoms with Gasteiger partial charge >= 0.3 is 0 Å². The molecular weight excluding hydrogens is 633 g/mol. The third kappa shape index (κ3) is 6.14. The summed E-state index contributed by atoms with van der Waals surface area (Å²) in [6.45, 7) is 0. The van der Waals surface area contributed by atoms with Gasteiger partial charge in [0.25, 0.3) is 0 Å². The number of hydrogen-bond donors (Lipinski definition) is 0. The van der Waals surface area contributed by atoms with Crippen molar-refractivity contribution >= 4 is 10.8 Å². The highest BCUT2D eigenvalue weighted by atomic mass is 15.0. The predicted octanol–water partition coefficient (Wildman–Crippen LogP) is 12.1. The minimum absolute atomic E-state index is 0.637. The molecule has 0 radical (unpaired) electrons. The Hall–Kier alpha value is -7.04. The van der Waals surface area contributed by atoms with E-state index >= 15 is 0 Å². The van der Waals surface area contributed by atoms with Crippen molar-refractivity contribution in [2.45, 2.75) is 0 Å². The molecule has 0 saturated carbocycles. The Morgan fingerprint density at radius 3 is 1.25 bits per heavy atom. The molecule has 0 spiro atoms. The lowest BCUT2D eigenvalue weighted by molar-refractivity contribution is 1.08. The van der Waals surface area contributed by atoms with E-state index in [1.807, 2.05) is 72.8 Å². The molecule has 244 valence electrons. The van der Waals surface area contributed by atoms with Crippen molar-refractivity contribution < 1.29 is 0 Å². The van der Waals surface area contributed by atoms with E-state index in [4.69, 9.17) is 19.9 Å². The van der Waals surface area contributed by atoms with E-state index in [2.05, 4.69) is 121 Å². The molecule has 0 saturated heterocycles. The molecule has 0 fully saturated rings. The molecule has 9 rings (SSSR count). The van der Waals surface area contributed by atoms with Crippen LogP contribution in [-0.2, 0) is 0 Å². The van der Waals surface area contributed by atoms with E-state index in [9.17, 15) is 0 Å². The first-order valence-electron chi connectivity index (χ1n) is 17.4. The minimum atomic E-state index is 0.637. The van der Waals surface area contributed by atoms with Crippen molar-refractivity contribution in [3.05, 3.63) is 194 Å². The van der Waals surface area contributed by atoms with E-state index in [0.717, 1.165) is 72.2 Å². The summed E-state index contributed by atoms with van der Waals surface area (Å²) >= 11 is 0. The Labute approximate surface area is 302 Å². The van der Waals surface area contributed by atoms with Gasteiger partial charge in [0.15, 0.2) is 17.5 Å². The quantitative estimate of drug-likeness (QED) is 0.170. The van der Waals surface area contributed by atoms with Gasteiger partial charge in [-0.3, -0.25) is 0 Å². The fourth-order valence-electron chi connectivity index (χ4n) is 6.73. The molecule has 0 bridgehead atoms. The summed E-state index contributed by atoms with van der Waals surface area (Å²) in [4.78, 5) is 20.3. The standard InChI is InChI=1S/C48H32N4/c1-5-16-36(17-6-1)43-31-40(32-44(49-43)37-18-7-2-8-19-37)33-25-27-35(28-26-33)42-30-29-34-15-13-14-24-41(34)45(42)48-51-46(38-20-9-3-10-21-38)50-47(52-48)39-22-11-4-12-23-39/h1-32H. The highest BCUT2D eigenvalue weighted by Crippen LogP contribution is 2.39. The summed E-state index contributed by atoms with van der Waals surface area (Å²) < 4.78 is 0. The van der Waals surface area contributed by atoms with Crippen LogP contribution >= 0.6 is 0 Å². The first kappa shape index (κ1) is 31.0. The maximum absolute atomic E-state index is 5.15. The Morgan fingerprint density at radius 2 is 0.712 bits per heavy atom. The summed E-state index contributed by atoms with van der Waals surface area (Å²) in [6, 6.07) is 67.0. The highest BCUT2D eigenvalue weighted by molar-refractivity contribution is 6.03. The molecule has 2 aromatic heterocycles. The lowest BCUT2D eigenvalue weighted by atomic mass is 9.92. The average molecular weight is 665 g/mol. The van der Waals surface area contributed by atoms with Gasteiger partial charge in [0.05, 0.1) is 11.4 Å². The van der Waals surface area contributed by atoms with Crippen LogP contribution in [0.25, 0.3) is 89.7 Å². The first-order chi connectivity index (χ1) is 25.8. The van der Waals surface area contributed by atoms with Crippen LogP contribution < -0.4 is 0 Å². The van der Waals surface area contributed by atoms with Crippen LogP contribution in [0.5, 0.6) is 0 Å². The van der Waals surface area contributed by atoms with Crippen LogP contribution in [0.15, 0.2) is 194 Å². The third-order valence-corrected chi connectivity index (χ3v) is 9.35. The minimum Gasteiger partial charge on any atom is -0.248 e. The molecule has 0 atom stereocenters. The second kappa shape index (κ2) is 13.7. The molecule has 2 heterocycles. The summed E-state index contributed by atoms with van der Waals surface area (Å²) in [6.07, 6.45) is 0. The predicted molar refractivity (Wildman–Crippen MR) is 213 cm³/mol. The largest absolute Gasteiger partial charge is 0.248 e. The Bertz CT molecular complexity index is 2530. The van der Waals surface area contributed by atoms with Gasteiger partial charge in [0.1, 0.15) is 0 Å². The average Bonchev–Trinajstić information content (AvgIpc) is 3.24. The molecule has 7 aromatic carbocycles. The van der Waals surface area contributed by atoms with Crippen molar-refractivity contribution in [1.29, 1.82) is 0 Å². The third-order valence-electron chi connectivity index (χ3n) is 9.35. The molecule has 52 heavy (non-hydrogen) atoms. The molecule has 0 aliphatic rings. The lowest BCUT2D eigenvalue weighted by Crippen LogP contribution is -2.01. The van der Waals surface area contributed by atoms with Crippen LogP contribution in [0.1, 0.15) is 0 Å². The monoisotopic (exact) mass is 664 g/mol. The summed E-state index contributed by atoms with van der Waals surface area (Å²) in [7, 11) is 0. The van der Waals surface area contributed by atoms with Gasteiger partial charge in [0, 0.05) is 27.8 Å². The van der Waals surface area contributed by atoms with Crippen molar-refractivity contribution in [3.8, 4) is 78.9 Å². The highest BCUT2D eigenvalue weighted by Gasteiger charge is 2.19. The lowest BCUT2D eigenvalue weighted by Gasteiger charge is -2.15. The molecule has 0 aliphatic heterocycles. The van der Waals surface area contributed by atoms with Gasteiger partial charge in [-0.05, 0) is 45.2 Å². The van der Waals surface area contributed by atoms with Crippen LogP contribution in [0.4, 0.5) is 0 Å². The van der Waals surface area contributed by atoms with Gasteiger partial charge in [-0.1, -0.05) is 182 Å². The fourth-order valence-corrected chi connectivity index (χ4v) is 6.73. The zero-order chi connectivity index (χ0) is 34.7. The smallest absolute Gasteiger partial charge is 0.165 e. The summed E-state index contributed by atoms with van der Waals surface area (Å²) in [5.74, 6) is 1.91. The van der Waals surface area contributed by atoms with Gasteiger partial charge in [-0.15, -0.1) is 0 Å². The van der Waals surface area contributed by atoms with Crippen molar-refractivity contribution in [2.75, 3.05) is 0 Å². The van der Waals surface area contributed by atoms with E-state index in [1.54, 1.807) is 0 Å². The van der Waals surface area contributed by atoms with Gasteiger partial charge in [-0.2, -0.15) is 0 Å². The SMILES string of the molecule is c1ccc(-c2cc(-c3ccc(-c4ccc5ccccc5c4-c4nc(-c5ccccc5)nc(-c5ccccc5)n4)cc3)cc(-c3ccccc3)n2)cc1. The molecular formula is C48H32N4. The van der Waals surface area contributed by atoms with Gasteiger partial charge in [0.2, 0.25) is 0 Å². The number of aromatic nitrogens is 4. The molecule has 4 heteroatoms. The van der Waals surface area contributed by atoms with Crippen LogP contribution in [0, 0.1) is 0 Å². The molecule has 4 nitrogen and oxygen atoms in total. The normalized spacial score (nSPS) is 11.1. The Balaban J connectivity index is 1.20. The van der Waals surface area contributed by atoms with Gasteiger partial charge in [-0.25, -0.2) is 19.9 Å². The maximum atomic E-state index is 5.15. The van der Waals surface area contributed by atoms with Crippen molar-refractivity contribution in [2.24, 2.45) is 0 Å². The molecule has 0 aliphatic carbocycles. The van der Waals surface area contributed by atoms with Crippen LogP contribution in [-0.4, -0.2) is 19.9 Å². The van der Waals surface area contributed by atoms with Crippen molar-refractivity contribution in [1.82, 2.24) is 19.9 Å². The molecule has 9 aromatic rings. The van der Waals surface area contributed by atoms with E-state index in [1.165, 1.54) is 0 Å². The number of fused-ring (bicyclic) bond motifs is 1. The summed E-state index contributed by atoms with van der Waals surface area (Å²) in [5.41, 5.74) is 11.3. The molecule has 0 unspecified atom stereocenters. The second-order valence-electron chi connectivity index (χ2n) is 12.7. The van der Waals surface area contributed by atoms with Crippen LogP contribution in [0.3, 0.4) is 0 Å². The second-order valence-corrected chi connectivity index (χ2v) is 12.7. The number of nitrogens with zero attached hydrogens (tertiary/aromatic N) is 4. The van der Waals surface area contributed by atoms with E-state index in [0.29, 0.717) is 17.5 Å². The topological polar surface area (TPSA) is 51.6 Å². The zero-order valence-corrected chi connectivity index (χ0v) is 28.3. The van der Waals surface area contributed by atoms with E-state index < -0.39 is 0 Å². The Kier molecular flexibility index (Phi) is 8.16.